The summed E-state index contributed by atoms with van der Waals surface area (Å²) in [5, 5.41) is 35.3. The number of hydrogen-bond acceptors (Lipinski definition) is 8. The summed E-state index contributed by atoms with van der Waals surface area (Å²) in [6.07, 6.45) is 7.00. The van der Waals surface area contributed by atoms with E-state index in [-0.39, 0.29) is 36.8 Å². The average molecular weight is 575 g/mol. The van der Waals surface area contributed by atoms with E-state index >= 15 is 0 Å². The number of hydrogen-bond donors (Lipinski definition) is 3. The Bertz CT molecular complexity index is 1130. The average Bonchev–Trinajstić information content (AvgIpc) is 3.07. The molecule has 2 bridgehead atoms. The fraction of sp³-hybridized carbons (Fsp3) is 0.727. The van der Waals surface area contributed by atoms with Crippen LogP contribution in [0.3, 0.4) is 0 Å². The van der Waals surface area contributed by atoms with E-state index in [4.69, 9.17) is 9.47 Å². The highest BCUT2D eigenvalue weighted by Crippen LogP contribution is 2.63. The van der Waals surface area contributed by atoms with Crippen LogP contribution in [-0.2, 0) is 23.9 Å². The normalized spacial score (nSPS) is 36.5. The first-order valence-electron chi connectivity index (χ1n) is 15.1. The molecule has 0 aromatic rings. The van der Waals surface area contributed by atoms with Gasteiger partial charge in [-0.3, -0.25) is 9.59 Å². The minimum absolute atomic E-state index is 0.124. The van der Waals surface area contributed by atoms with Crippen molar-refractivity contribution in [2.45, 2.75) is 124 Å². The lowest BCUT2D eigenvalue weighted by Gasteiger charge is -2.48. The quantitative estimate of drug-likeness (QED) is 0.148. The molecule has 0 heterocycles. The summed E-state index contributed by atoms with van der Waals surface area (Å²) in [6, 6.07) is 0. The molecule has 0 aromatic carbocycles. The molecular formula is C33H50O8. The van der Waals surface area contributed by atoms with Crippen molar-refractivity contribution in [2.75, 3.05) is 6.61 Å². The summed E-state index contributed by atoms with van der Waals surface area (Å²) < 4.78 is 11.7. The maximum absolute atomic E-state index is 14.7. The molecule has 0 radical (unpaired) electrons. The van der Waals surface area contributed by atoms with Gasteiger partial charge in [0.15, 0.2) is 5.78 Å². The second-order valence-electron chi connectivity index (χ2n) is 13.2. The fourth-order valence-corrected chi connectivity index (χ4v) is 7.20. The number of carbonyl (C=O) groups is 3. The minimum atomic E-state index is -2.30. The van der Waals surface area contributed by atoms with Crippen molar-refractivity contribution >= 4 is 17.7 Å². The fourth-order valence-electron chi connectivity index (χ4n) is 7.20. The minimum Gasteiger partial charge on any atom is -0.459 e. The van der Waals surface area contributed by atoms with Gasteiger partial charge < -0.3 is 24.8 Å². The molecule has 8 heteroatoms. The van der Waals surface area contributed by atoms with Gasteiger partial charge in [0.2, 0.25) is 0 Å². The van der Waals surface area contributed by atoms with Gasteiger partial charge in [0.1, 0.15) is 30.0 Å². The summed E-state index contributed by atoms with van der Waals surface area (Å²) in [5.74, 6) is -2.84. The molecule has 1 saturated carbocycles. The van der Waals surface area contributed by atoms with Crippen LogP contribution >= 0.6 is 0 Å². The Morgan fingerprint density at radius 3 is 2.34 bits per heavy atom. The van der Waals surface area contributed by atoms with E-state index in [9.17, 15) is 29.7 Å². The number of ether oxygens (including phenoxy) is 2. The summed E-state index contributed by atoms with van der Waals surface area (Å²) in [5.41, 5.74) is -5.19. The number of rotatable bonds is 10. The first-order valence-corrected chi connectivity index (χ1v) is 15.1. The third kappa shape index (κ3) is 5.36. The van der Waals surface area contributed by atoms with Gasteiger partial charge in [0.25, 0.3) is 0 Å². The SMILES string of the molecule is C/C=C(/C)C(=O)OCC1=CC2C(=O)[C@]3(C=C(C)[C@H](O)C3(O)C1O)[C@H](C)C[C@@](C)(OC(=O)CCCCCCC)C2(C)C. The summed E-state index contributed by atoms with van der Waals surface area (Å²) in [6.45, 7) is 14.0. The van der Waals surface area contributed by atoms with Gasteiger partial charge in [-0.2, -0.15) is 0 Å². The van der Waals surface area contributed by atoms with Crippen molar-refractivity contribution in [2.24, 2.45) is 22.7 Å². The number of unbranched alkanes of at least 4 members (excludes halogenated alkanes) is 4. The van der Waals surface area contributed by atoms with Crippen LogP contribution in [0.5, 0.6) is 0 Å². The Labute approximate surface area is 244 Å². The second kappa shape index (κ2) is 12.1. The third-order valence-corrected chi connectivity index (χ3v) is 10.4. The second-order valence-corrected chi connectivity index (χ2v) is 13.2. The van der Waals surface area contributed by atoms with Crippen molar-refractivity contribution < 1.29 is 39.2 Å². The third-order valence-electron chi connectivity index (χ3n) is 10.4. The van der Waals surface area contributed by atoms with Crippen molar-refractivity contribution in [1.82, 2.24) is 0 Å². The van der Waals surface area contributed by atoms with Gasteiger partial charge in [0.05, 0.1) is 5.41 Å². The van der Waals surface area contributed by atoms with E-state index < -0.39 is 52.0 Å². The molecule has 3 aliphatic rings. The zero-order valence-corrected chi connectivity index (χ0v) is 26.1. The molecule has 3 unspecified atom stereocenters. The van der Waals surface area contributed by atoms with Gasteiger partial charge in [-0.15, -0.1) is 0 Å². The molecule has 8 nitrogen and oxygen atoms in total. The molecule has 3 aliphatic carbocycles. The van der Waals surface area contributed by atoms with Gasteiger partial charge in [-0.1, -0.05) is 71.6 Å². The summed E-state index contributed by atoms with van der Waals surface area (Å²) in [4.78, 5) is 40.3. The predicted molar refractivity (Wildman–Crippen MR) is 156 cm³/mol. The maximum atomic E-state index is 14.7. The van der Waals surface area contributed by atoms with Gasteiger partial charge >= 0.3 is 11.9 Å². The highest BCUT2D eigenvalue weighted by Gasteiger charge is 2.73. The zero-order valence-electron chi connectivity index (χ0n) is 26.1. The molecule has 41 heavy (non-hydrogen) atoms. The monoisotopic (exact) mass is 574 g/mol. The molecule has 7 atom stereocenters. The molecule has 0 aromatic heterocycles. The molecular weight excluding hydrogens is 524 g/mol. The smallest absolute Gasteiger partial charge is 0.333 e. The standard InChI is InChI=1S/C33H50O8/c1-9-11-12-13-14-15-25(34)41-31(8)18-22(5)32-17-21(4)26(35)33(32,39)27(36)23(19-40-29(38)20(3)10-2)16-24(28(32)37)30(31,6)7/h10,16-17,22,24,26-27,35-36,39H,9,11-15,18-19H2,1-8H3/b20-10-/t22-,24?,26+,27?,31-,32+,33?/m1/s1. The Balaban J connectivity index is 2.10. The lowest BCUT2D eigenvalue weighted by molar-refractivity contribution is -0.192. The first-order chi connectivity index (χ1) is 19.0. The number of aliphatic hydroxyl groups excluding tert-OH is 2. The van der Waals surface area contributed by atoms with Crippen LogP contribution in [0.2, 0.25) is 0 Å². The van der Waals surface area contributed by atoms with Crippen molar-refractivity contribution in [3.05, 3.63) is 34.9 Å². The van der Waals surface area contributed by atoms with Crippen LogP contribution < -0.4 is 0 Å². The lowest BCUT2D eigenvalue weighted by Crippen LogP contribution is -2.65. The summed E-state index contributed by atoms with van der Waals surface area (Å²) >= 11 is 0. The predicted octanol–water partition coefficient (Wildman–Crippen LogP) is 4.75. The molecule has 3 rings (SSSR count). The molecule has 1 fully saturated rings. The van der Waals surface area contributed by atoms with Crippen LogP contribution in [0, 0.1) is 22.7 Å². The highest BCUT2D eigenvalue weighted by atomic mass is 16.6. The number of fused-ring (bicyclic) bond motifs is 1. The van der Waals surface area contributed by atoms with Crippen LogP contribution in [0.1, 0.15) is 100 Å². The van der Waals surface area contributed by atoms with Crippen molar-refractivity contribution in [3.8, 4) is 0 Å². The van der Waals surface area contributed by atoms with E-state index in [2.05, 4.69) is 6.92 Å². The van der Waals surface area contributed by atoms with Crippen LogP contribution in [0.15, 0.2) is 34.9 Å². The van der Waals surface area contributed by atoms with E-state index in [1.165, 1.54) is 0 Å². The van der Waals surface area contributed by atoms with E-state index in [1.807, 2.05) is 20.8 Å². The van der Waals surface area contributed by atoms with Crippen molar-refractivity contribution in [3.63, 3.8) is 0 Å². The highest BCUT2D eigenvalue weighted by molar-refractivity contribution is 5.95. The van der Waals surface area contributed by atoms with E-state index in [0.717, 1.165) is 32.1 Å². The zero-order chi connectivity index (χ0) is 31.0. The first kappa shape index (κ1) is 33.2. The Morgan fingerprint density at radius 1 is 1.10 bits per heavy atom. The van der Waals surface area contributed by atoms with E-state index in [1.54, 1.807) is 45.9 Å². The molecule has 0 aliphatic heterocycles. The van der Waals surface area contributed by atoms with Gasteiger partial charge in [-0.05, 0) is 57.6 Å². The number of Topliss-reactive ketones (excluding diaryl/α,β-unsaturated/α-hetero) is 1. The Morgan fingerprint density at radius 2 is 1.73 bits per heavy atom. The van der Waals surface area contributed by atoms with Crippen LogP contribution in [-0.4, -0.2) is 63.1 Å². The number of allylic oxidation sites excluding steroid dienone is 2. The number of ketones is 1. The Kier molecular flexibility index (Phi) is 9.83. The number of esters is 2. The lowest BCUT2D eigenvalue weighted by atomic mass is 9.59. The maximum Gasteiger partial charge on any atom is 0.333 e. The largest absolute Gasteiger partial charge is 0.459 e. The van der Waals surface area contributed by atoms with Crippen molar-refractivity contribution in [1.29, 1.82) is 0 Å². The summed E-state index contributed by atoms with van der Waals surface area (Å²) in [7, 11) is 0. The van der Waals surface area contributed by atoms with Gasteiger partial charge in [0, 0.05) is 23.3 Å². The van der Waals surface area contributed by atoms with E-state index in [0.29, 0.717) is 11.1 Å². The molecule has 230 valence electrons. The topological polar surface area (TPSA) is 130 Å². The van der Waals surface area contributed by atoms with Crippen LogP contribution in [0.4, 0.5) is 0 Å². The molecule has 1 spiro atoms. The molecule has 3 N–H and O–H groups in total. The van der Waals surface area contributed by atoms with Gasteiger partial charge in [-0.25, -0.2) is 4.79 Å². The number of aliphatic hydroxyl groups is 3. The Hall–Kier alpha value is -2.29. The molecule has 0 saturated heterocycles. The number of carbonyl (C=O) groups excluding carboxylic acids is 3. The molecule has 0 amide bonds. The van der Waals surface area contributed by atoms with Crippen LogP contribution in [0.25, 0.3) is 0 Å².